The molecule has 0 fully saturated rings. The summed E-state index contributed by atoms with van der Waals surface area (Å²) in [5, 5.41) is 22.4. The summed E-state index contributed by atoms with van der Waals surface area (Å²) in [6, 6.07) is 9.83. The number of benzene rings is 1. The van der Waals surface area contributed by atoms with Crippen molar-refractivity contribution in [2.75, 3.05) is 11.9 Å². The predicted molar refractivity (Wildman–Crippen MR) is 69.1 cm³/mol. The Morgan fingerprint density at radius 2 is 2.00 bits per heavy atom. The highest BCUT2D eigenvalue weighted by Crippen LogP contribution is 2.27. The maximum absolute atomic E-state index is 9.60. The van der Waals surface area contributed by atoms with E-state index in [1.54, 1.807) is 0 Å². The summed E-state index contributed by atoms with van der Waals surface area (Å²) in [6.07, 6.45) is 0. The van der Waals surface area contributed by atoms with E-state index in [0.29, 0.717) is 0 Å². The van der Waals surface area contributed by atoms with E-state index in [2.05, 4.69) is 15.5 Å². The van der Waals surface area contributed by atoms with Crippen LogP contribution in [-0.2, 0) is 5.54 Å². The minimum absolute atomic E-state index is 0.00432. The molecule has 1 unspecified atom stereocenters. The van der Waals surface area contributed by atoms with Crippen molar-refractivity contribution in [2.24, 2.45) is 0 Å². The van der Waals surface area contributed by atoms with E-state index in [4.69, 9.17) is 0 Å². The maximum Gasteiger partial charge on any atom is 0.206 e. The number of aromatic nitrogens is 2. The molecule has 2 aromatic rings. The molecule has 0 aliphatic carbocycles. The monoisotopic (exact) mass is 249 g/mol. The van der Waals surface area contributed by atoms with Crippen molar-refractivity contribution in [3.8, 4) is 0 Å². The Hall–Kier alpha value is -1.46. The molecule has 0 amide bonds. The first-order valence-corrected chi connectivity index (χ1v) is 6.20. The van der Waals surface area contributed by atoms with Gasteiger partial charge < -0.3 is 10.4 Å². The van der Waals surface area contributed by atoms with Crippen LogP contribution in [0.1, 0.15) is 17.5 Å². The Morgan fingerprint density at radius 3 is 2.53 bits per heavy atom. The largest absolute Gasteiger partial charge is 0.394 e. The third-order valence-corrected chi connectivity index (χ3v) is 3.39. The molecule has 0 aliphatic rings. The van der Waals surface area contributed by atoms with Gasteiger partial charge in [0.25, 0.3) is 0 Å². The number of aryl methyl sites for hydroxylation is 1. The van der Waals surface area contributed by atoms with Gasteiger partial charge in [-0.3, -0.25) is 0 Å². The second kappa shape index (κ2) is 4.81. The number of nitrogens with one attached hydrogen (secondary N) is 1. The molecule has 0 aliphatic heterocycles. The van der Waals surface area contributed by atoms with Gasteiger partial charge in [0.05, 0.1) is 12.1 Å². The molecule has 0 spiro atoms. The lowest BCUT2D eigenvalue weighted by molar-refractivity contribution is 0.224. The van der Waals surface area contributed by atoms with Crippen molar-refractivity contribution in [1.82, 2.24) is 10.2 Å². The maximum atomic E-state index is 9.60. The Balaban J connectivity index is 2.26. The topological polar surface area (TPSA) is 58.0 Å². The lowest BCUT2D eigenvalue weighted by Gasteiger charge is -2.28. The number of aliphatic hydroxyl groups is 1. The van der Waals surface area contributed by atoms with Crippen molar-refractivity contribution in [1.29, 1.82) is 0 Å². The average Bonchev–Trinajstić information content (AvgIpc) is 2.75. The molecule has 4 nitrogen and oxygen atoms in total. The van der Waals surface area contributed by atoms with Crippen molar-refractivity contribution in [3.05, 3.63) is 40.9 Å². The molecule has 17 heavy (non-hydrogen) atoms. The summed E-state index contributed by atoms with van der Waals surface area (Å²) in [4.78, 5) is 0. The molecular weight excluding hydrogens is 234 g/mol. The van der Waals surface area contributed by atoms with Gasteiger partial charge in [-0.25, -0.2) is 0 Å². The first kappa shape index (κ1) is 12.0. The molecule has 1 aromatic heterocycles. The average molecular weight is 249 g/mol. The van der Waals surface area contributed by atoms with Crippen LogP contribution >= 0.6 is 11.3 Å². The van der Waals surface area contributed by atoms with Gasteiger partial charge in [-0.2, -0.15) is 0 Å². The van der Waals surface area contributed by atoms with E-state index in [1.165, 1.54) is 11.3 Å². The fourth-order valence-corrected chi connectivity index (χ4v) is 2.31. The van der Waals surface area contributed by atoms with Gasteiger partial charge in [0.2, 0.25) is 5.13 Å². The highest BCUT2D eigenvalue weighted by atomic mass is 32.1. The van der Waals surface area contributed by atoms with Gasteiger partial charge in [0.1, 0.15) is 5.01 Å². The zero-order valence-corrected chi connectivity index (χ0v) is 10.7. The van der Waals surface area contributed by atoms with Crippen molar-refractivity contribution in [2.45, 2.75) is 19.4 Å². The van der Waals surface area contributed by atoms with Gasteiger partial charge in [0.15, 0.2) is 0 Å². The highest BCUT2D eigenvalue weighted by Gasteiger charge is 2.26. The number of hydrogen-bond acceptors (Lipinski definition) is 5. The summed E-state index contributed by atoms with van der Waals surface area (Å²) in [5.74, 6) is 0. The number of rotatable bonds is 4. The summed E-state index contributed by atoms with van der Waals surface area (Å²) in [5.41, 5.74) is 0.489. The third kappa shape index (κ3) is 2.62. The molecule has 1 atom stereocenters. The summed E-state index contributed by atoms with van der Waals surface area (Å²) < 4.78 is 0. The predicted octanol–water partition coefficient (Wildman–Crippen LogP) is 2.17. The lowest BCUT2D eigenvalue weighted by Crippen LogP contribution is -2.35. The van der Waals surface area contributed by atoms with E-state index in [0.717, 1.165) is 15.7 Å². The molecular formula is C12H15N3OS. The molecule has 2 N–H and O–H groups in total. The summed E-state index contributed by atoms with van der Waals surface area (Å²) >= 11 is 1.48. The van der Waals surface area contributed by atoms with Crippen LogP contribution in [0.25, 0.3) is 0 Å². The van der Waals surface area contributed by atoms with Gasteiger partial charge in [-0.1, -0.05) is 41.7 Å². The van der Waals surface area contributed by atoms with Crippen molar-refractivity contribution in [3.63, 3.8) is 0 Å². The Labute approximate surface area is 104 Å². The zero-order valence-electron chi connectivity index (χ0n) is 9.84. The van der Waals surface area contributed by atoms with Crippen LogP contribution < -0.4 is 5.32 Å². The minimum Gasteiger partial charge on any atom is -0.394 e. The Kier molecular flexibility index (Phi) is 3.40. The Morgan fingerprint density at radius 1 is 1.29 bits per heavy atom. The summed E-state index contributed by atoms with van der Waals surface area (Å²) in [7, 11) is 0. The first-order valence-electron chi connectivity index (χ1n) is 5.39. The standard InChI is InChI=1S/C12H15N3OS/c1-9-14-15-11(17-9)13-12(2,8-16)10-6-4-3-5-7-10/h3-7,16H,8H2,1-2H3,(H,13,15). The molecule has 1 aromatic carbocycles. The molecule has 0 bridgehead atoms. The quantitative estimate of drug-likeness (QED) is 0.872. The Bertz CT molecular complexity index is 486. The van der Waals surface area contributed by atoms with Crippen LogP contribution in [0.5, 0.6) is 0 Å². The number of hydrogen-bond donors (Lipinski definition) is 2. The highest BCUT2D eigenvalue weighted by molar-refractivity contribution is 7.15. The van der Waals surface area contributed by atoms with Crippen LogP contribution in [0.15, 0.2) is 30.3 Å². The van der Waals surface area contributed by atoms with Gasteiger partial charge in [-0.15, -0.1) is 10.2 Å². The molecule has 1 heterocycles. The number of aliphatic hydroxyl groups excluding tert-OH is 1. The van der Waals surface area contributed by atoms with E-state index in [9.17, 15) is 5.11 Å². The molecule has 2 rings (SSSR count). The SMILES string of the molecule is Cc1nnc(NC(C)(CO)c2ccccc2)s1. The second-order valence-electron chi connectivity index (χ2n) is 4.11. The lowest BCUT2D eigenvalue weighted by atomic mass is 9.93. The molecule has 0 radical (unpaired) electrons. The van der Waals surface area contributed by atoms with Gasteiger partial charge in [0, 0.05) is 0 Å². The normalized spacial score (nSPS) is 14.3. The van der Waals surface area contributed by atoms with Crippen molar-refractivity contribution >= 4 is 16.5 Å². The second-order valence-corrected chi connectivity index (χ2v) is 5.29. The van der Waals surface area contributed by atoms with Crippen LogP contribution in [0, 0.1) is 6.92 Å². The van der Waals surface area contributed by atoms with Crippen LogP contribution in [0.4, 0.5) is 5.13 Å². The first-order chi connectivity index (χ1) is 8.14. The smallest absolute Gasteiger partial charge is 0.206 e. The zero-order chi connectivity index (χ0) is 12.3. The van der Waals surface area contributed by atoms with Crippen LogP contribution in [-0.4, -0.2) is 21.9 Å². The van der Waals surface area contributed by atoms with E-state index in [1.807, 2.05) is 44.2 Å². The minimum atomic E-state index is -0.534. The fraction of sp³-hybridized carbons (Fsp3) is 0.333. The summed E-state index contributed by atoms with van der Waals surface area (Å²) in [6.45, 7) is 3.84. The third-order valence-electron chi connectivity index (χ3n) is 2.64. The van der Waals surface area contributed by atoms with E-state index >= 15 is 0 Å². The van der Waals surface area contributed by atoms with Crippen LogP contribution in [0.3, 0.4) is 0 Å². The molecule has 90 valence electrons. The molecule has 0 saturated carbocycles. The molecule has 0 saturated heterocycles. The number of nitrogens with zero attached hydrogens (tertiary/aromatic N) is 2. The van der Waals surface area contributed by atoms with Crippen LogP contribution in [0.2, 0.25) is 0 Å². The van der Waals surface area contributed by atoms with Gasteiger partial charge in [-0.05, 0) is 19.4 Å². The molecule has 5 heteroatoms. The van der Waals surface area contributed by atoms with E-state index in [-0.39, 0.29) is 6.61 Å². The number of anilines is 1. The fourth-order valence-electron chi connectivity index (χ4n) is 1.59. The van der Waals surface area contributed by atoms with E-state index < -0.39 is 5.54 Å². The van der Waals surface area contributed by atoms with Gasteiger partial charge >= 0.3 is 0 Å². The van der Waals surface area contributed by atoms with Crippen molar-refractivity contribution < 1.29 is 5.11 Å².